The molecule has 302 valence electrons. The van der Waals surface area contributed by atoms with Crippen LogP contribution in [0.4, 0.5) is 22.7 Å². The number of primary amides is 1. The van der Waals surface area contributed by atoms with Gasteiger partial charge in [0.1, 0.15) is 13.2 Å². The molecule has 13 nitrogen and oxygen atoms in total. The predicted molar refractivity (Wildman–Crippen MR) is 225 cm³/mol. The van der Waals surface area contributed by atoms with E-state index in [2.05, 4.69) is 22.8 Å². The number of aliphatic imine (C=N–C) groups is 1. The third kappa shape index (κ3) is 7.32. The van der Waals surface area contributed by atoms with E-state index in [1.165, 1.54) is 5.57 Å². The van der Waals surface area contributed by atoms with E-state index in [4.69, 9.17) is 29.7 Å². The van der Waals surface area contributed by atoms with Crippen LogP contribution in [0.2, 0.25) is 0 Å². The Morgan fingerprint density at radius 2 is 1.61 bits per heavy atom. The van der Waals surface area contributed by atoms with E-state index in [0.29, 0.717) is 71.4 Å². The molecular formula is C46H46N6O7. The number of methoxy groups -OCH3 is 2. The van der Waals surface area contributed by atoms with Crippen LogP contribution in [0.1, 0.15) is 69.5 Å². The lowest BCUT2D eigenvalue weighted by molar-refractivity contribution is -0.118. The van der Waals surface area contributed by atoms with Gasteiger partial charge in [0.2, 0.25) is 5.91 Å². The zero-order valence-electron chi connectivity index (χ0n) is 33.1. The van der Waals surface area contributed by atoms with E-state index in [0.717, 1.165) is 53.0 Å². The van der Waals surface area contributed by atoms with Crippen molar-refractivity contribution >= 4 is 46.7 Å². The summed E-state index contributed by atoms with van der Waals surface area (Å²) < 4.78 is 24.3. The molecule has 3 amide bonds. The van der Waals surface area contributed by atoms with Crippen molar-refractivity contribution in [1.82, 2.24) is 4.90 Å². The van der Waals surface area contributed by atoms with E-state index in [-0.39, 0.29) is 49.4 Å². The Morgan fingerprint density at radius 3 is 2.37 bits per heavy atom. The maximum atomic E-state index is 14.0. The first-order chi connectivity index (χ1) is 28.8. The van der Waals surface area contributed by atoms with Crippen LogP contribution in [0, 0.1) is 0 Å². The average Bonchev–Trinajstić information content (AvgIpc) is 3.74. The Kier molecular flexibility index (Phi) is 10.2. The van der Waals surface area contributed by atoms with Crippen LogP contribution in [0.15, 0.2) is 95.1 Å². The van der Waals surface area contributed by atoms with Crippen LogP contribution in [0.25, 0.3) is 0 Å². The molecule has 0 unspecified atom stereocenters. The highest BCUT2D eigenvalue weighted by Crippen LogP contribution is 2.43. The summed E-state index contributed by atoms with van der Waals surface area (Å²) in [6.45, 7) is 1.51. The Balaban J connectivity index is 0.951. The number of nitrogens with one attached hydrogen (secondary N) is 2. The lowest BCUT2D eigenvalue weighted by Crippen LogP contribution is -2.37. The van der Waals surface area contributed by atoms with Crippen LogP contribution in [0.5, 0.6) is 23.0 Å². The van der Waals surface area contributed by atoms with Gasteiger partial charge in [0, 0.05) is 61.4 Å². The molecule has 4 aromatic carbocycles. The first-order valence-corrected chi connectivity index (χ1v) is 20.0. The third-order valence-corrected chi connectivity index (χ3v) is 11.5. The van der Waals surface area contributed by atoms with Crippen LogP contribution in [-0.2, 0) is 24.4 Å². The normalized spacial score (nSPS) is 18.4. The molecule has 4 N–H and O–H groups in total. The number of carbonyl (C=O) groups excluding carboxylic acids is 3. The fourth-order valence-electron chi connectivity index (χ4n) is 8.72. The Morgan fingerprint density at radius 1 is 0.881 bits per heavy atom. The van der Waals surface area contributed by atoms with Crippen molar-refractivity contribution in [3.8, 4) is 23.0 Å². The second-order valence-electron chi connectivity index (χ2n) is 15.4. The molecule has 4 aromatic rings. The lowest BCUT2D eigenvalue weighted by Gasteiger charge is -2.24. The van der Waals surface area contributed by atoms with Crippen LogP contribution in [0.3, 0.4) is 0 Å². The topological polar surface area (TPSA) is 157 Å². The molecule has 4 aliphatic heterocycles. The number of nitrogens with two attached hydrogens (primary N) is 1. The van der Waals surface area contributed by atoms with Gasteiger partial charge in [-0.2, -0.15) is 0 Å². The number of amides is 3. The minimum Gasteiger partial charge on any atom is -0.493 e. The zero-order valence-corrected chi connectivity index (χ0v) is 33.1. The summed E-state index contributed by atoms with van der Waals surface area (Å²) in [7, 11) is 3.12. The molecule has 0 saturated heterocycles. The fraction of sp³-hybridized carbons (Fsp3) is 0.304. The maximum absolute atomic E-state index is 14.0. The van der Waals surface area contributed by atoms with E-state index < -0.39 is 0 Å². The molecule has 0 aromatic heterocycles. The number of allylic oxidation sites excluding steroid dienone is 2. The monoisotopic (exact) mass is 794 g/mol. The van der Waals surface area contributed by atoms with E-state index >= 15 is 0 Å². The van der Waals surface area contributed by atoms with Gasteiger partial charge in [0.15, 0.2) is 23.0 Å². The van der Waals surface area contributed by atoms with Crippen molar-refractivity contribution in [3.63, 3.8) is 0 Å². The molecule has 5 aliphatic rings. The van der Waals surface area contributed by atoms with E-state index in [9.17, 15) is 14.4 Å². The quantitative estimate of drug-likeness (QED) is 0.121. The largest absolute Gasteiger partial charge is 0.493 e. The molecule has 0 spiro atoms. The van der Waals surface area contributed by atoms with Gasteiger partial charge in [0.25, 0.3) is 11.8 Å². The van der Waals surface area contributed by atoms with Gasteiger partial charge in [-0.05, 0) is 90.4 Å². The third-order valence-electron chi connectivity index (χ3n) is 11.5. The number of hydrogen-bond donors (Lipinski definition) is 3. The summed E-state index contributed by atoms with van der Waals surface area (Å²) in [5.74, 6) is 1.27. The minimum atomic E-state index is -0.354. The number of ether oxygens (including phenoxy) is 4. The van der Waals surface area contributed by atoms with Crippen LogP contribution >= 0.6 is 0 Å². The van der Waals surface area contributed by atoms with Crippen molar-refractivity contribution in [2.24, 2.45) is 10.7 Å². The smallest absolute Gasteiger partial charge is 0.261 e. The number of nitrogens with zero attached hydrogens (tertiary/aromatic N) is 3. The molecule has 4 heterocycles. The van der Waals surface area contributed by atoms with E-state index in [1.54, 1.807) is 37.3 Å². The number of anilines is 3. The Bertz CT molecular complexity index is 2460. The van der Waals surface area contributed by atoms with E-state index in [1.807, 2.05) is 59.6 Å². The second kappa shape index (κ2) is 15.9. The van der Waals surface area contributed by atoms with Crippen molar-refractivity contribution < 1.29 is 33.3 Å². The van der Waals surface area contributed by atoms with Gasteiger partial charge in [-0.3, -0.25) is 24.3 Å². The summed E-state index contributed by atoms with van der Waals surface area (Å²) in [6, 6.07) is 20.8. The van der Waals surface area contributed by atoms with Gasteiger partial charge in [-0.1, -0.05) is 24.3 Å². The second-order valence-corrected chi connectivity index (χ2v) is 15.4. The molecular weight excluding hydrogens is 749 g/mol. The Labute approximate surface area is 342 Å². The SMILES string of the molecule is COc1cc2c(cc1OCc1cc(COc3cc4c(cc3OC)C(=O)N3C5=C(CCC=C5)C[C@H]3CN4)cc(NCCCC(N)=O)c1)N=C[C@@H]1Cc3ccccc3N1C2=O. The zero-order chi connectivity index (χ0) is 40.6. The van der Waals surface area contributed by atoms with Gasteiger partial charge >= 0.3 is 0 Å². The van der Waals surface area contributed by atoms with Crippen molar-refractivity contribution in [2.75, 3.05) is 42.8 Å². The highest BCUT2D eigenvalue weighted by atomic mass is 16.5. The number of fused-ring (bicyclic) bond motifs is 7. The van der Waals surface area contributed by atoms with Gasteiger partial charge in [-0.15, -0.1) is 0 Å². The molecule has 13 heteroatoms. The highest BCUT2D eigenvalue weighted by molar-refractivity contribution is 6.14. The fourth-order valence-corrected chi connectivity index (χ4v) is 8.72. The van der Waals surface area contributed by atoms with Crippen molar-refractivity contribution in [2.45, 2.75) is 63.8 Å². The van der Waals surface area contributed by atoms with Crippen LogP contribution in [-0.4, -0.2) is 68.2 Å². The van der Waals surface area contributed by atoms with Crippen molar-refractivity contribution in [1.29, 1.82) is 0 Å². The lowest BCUT2D eigenvalue weighted by atomic mass is 10.0. The summed E-state index contributed by atoms with van der Waals surface area (Å²) in [4.78, 5) is 47.8. The molecule has 0 saturated carbocycles. The minimum absolute atomic E-state index is 0.0493. The van der Waals surface area contributed by atoms with Gasteiger partial charge in [0.05, 0.1) is 48.8 Å². The summed E-state index contributed by atoms with van der Waals surface area (Å²) in [5, 5.41) is 6.92. The number of hydrogen-bond acceptors (Lipinski definition) is 10. The number of rotatable bonds is 13. The molecule has 1 aliphatic carbocycles. The molecule has 0 bridgehead atoms. The molecule has 2 atom stereocenters. The number of para-hydroxylation sites is 1. The molecule has 0 fully saturated rings. The van der Waals surface area contributed by atoms with Gasteiger partial charge in [-0.25, -0.2) is 0 Å². The summed E-state index contributed by atoms with van der Waals surface area (Å²) in [5.41, 5.74) is 14.4. The standard InChI is InChI=1S/C46H46N6O7/c1-56-40-19-34-36(49-23-32-17-29-8-3-5-10-38(29)51(32)45(34)54)21-42(40)58-25-27-14-28(16-31(15-27)48-13-7-12-44(47)53)26-59-43-22-37-35(20-41(43)57-2)46(55)52-33(24-50-37)18-30-9-4-6-11-39(30)52/h3,5-6,8,10-11,14-16,19-23,32-33,48,50H,4,7,9,12-13,17-18,24-26H2,1-2H3,(H2,47,53)/t32-,33-/m0/s1. The summed E-state index contributed by atoms with van der Waals surface area (Å²) in [6.07, 6.45) is 10.5. The molecule has 9 rings (SSSR count). The van der Waals surface area contributed by atoms with Gasteiger partial charge < -0.3 is 40.2 Å². The number of carbonyl (C=O) groups is 3. The first-order valence-electron chi connectivity index (χ1n) is 20.0. The maximum Gasteiger partial charge on any atom is 0.261 e. The Hall–Kier alpha value is -6.76. The molecule has 59 heavy (non-hydrogen) atoms. The highest BCUT2D eigenvalue weighted by Gasteiger charge is 2.39. The van der Waals surface area contributed by atoms with Crippen molar-refractivity contribution in [3.05, 3.63) is 118 Å². The first kappa shape index (κ1) is 37.8. The summed E-state index contributed by atoms with van der Waals surface area (Å²) >= 11 is 0. The van der Waals surface area contributed by atoms with Crippen LogP contribution < -0.4 is 40.2 Å². The number of benzene rings is 4. The predicted octanol–water partition coefficient (Wildman–Crippen LogP) is 7.07. The molecule has 0 radical (unpaired) electrons. The average molecular weight is 795 g/mol.